The summed E-state index contributed by atoms with van der Waals surface area (Å²) in [6, 6.07) is 9.61. The van der Waals surface area contributed by atoms with Gasteiger partial charge in [-0.05, 0) is 12.0 Å². The topological polar surface area (TPSA) is 87.7 Å². The Balaban J connectivity index is 1.77. The molecule has 6 heteroatoms. The SMILES string of the molecule is O=C(O)CCNC(=O)NC[C@H]1CCO[C@@H]1c1ccccc1. The molecule has 0 radical (unpaired) electrons. The van der Waals surface area contributed by atoms with Crippen LogP contribution in [0.25, 0.3) is 0 Å². The molecule has 1 aliphatic rings. The molecule has 0 aliphatic carbocycles. The largest absolute Gasteiger partial charge is 0.481 e. The monoisotopic (exact) mass is 292 g/mol. The number of hydrogen-bond acceptors (Lipinski definition) is 3. The molecule has 0 unspecified atom stereocenters. The summed E-state index contributed by atoms with van der Waals surface area (Å²) in [5.41, 5.74) is 1.12. The third kappa shape index (κ3) is 4.75. The van der Waals surface area contributed by atoms with E-state index in [1.165, 1.54) is 0 Å². The first-order valence-corrected chi connectivity index (χ1v) is 7.07. The lowest BCUT2D eigenvalue weighted by Gasteiger charge is -2.19. The number of benzene rings is 1. The van der Waals surface area contributed by atoms with Gasteiger partial charge in [0.25, 0.3) is 0 Å². The number of carboxylic acids is 1. The van der Waals surface area contributed by atoms with E-state index in [4.69, 9.17) is 9.84 Å². The van der Waals surface area contributed by atoms with Gasteiger partial charge in [0.05, 0.1) is 12.5 Å². The molecular formula is C15H20N2O4. The quantitative estimate of drug-likeness (QED) is 0.742. The highest BCUT2D eigenvalue weighted by Crippen LogP contribution is 2.33. The van der Waals surface area contributed by atoms with Crippen LogP contribution in [0.2, 0.25) is 0 Å². The molecule has 6 nitrogen and oxygen atoms in total. The maximum absolute atomic E-state index is 11.6. The predicted molar refractivity (Wildman–Crippen MR) is 76.9 cm³/mol. The lowest BCUT2D eigenvalue weighted by atomic mass is 9.95. The summed E-state index contributed by atoms with van der Waals surface area (Å²) in [7, 11) is 0. The van der Waals surface area contributed by atoms with Crippen molar-refractivity contribution in [3.63, 3.8) is 0 Å². The van der Waals surface area contributed by atoms with Crippen molar-refractivity contribution in [1.82, 2.24) is 10.6 Å². The number of nitrogens with one attached hydrogen (secondary N) is 2. The first-order chi connectivity index (χ1) is 10.2. The third-order valence-corrected chi connectivity index (χ3v) is 3.49. The number of rotatable bonds is 6. The zero-order chi connectivity index (χ0) is 15.1. The summed E-state index contributed by atoms with van der Waals surface area (Å²) in [6.07, 6.45) is 0.826. The van der Waals surface area contributed by atoms with E-state index in [1.807, 2.05) is 30.3 Å². The van der Waals surface area contributed by atoms with Gasteiger partial charge in [0.15, 0.2) is 0 Å². The fraction of sp³-hybridized carbons (Fsp3) is 0.467. The molecule has 1 saturated heterocycles. The van der Waals surface area contributed by atoms with E-state index in [0.29, 0.717) is 13.2 Å². The number of carbonyl (C=O) groups is 2. The van der Waals surface area contributed by atoms with Crippen molar-refractivity contribution in [3.05, 3.63) is 35.9 Å². The fourth-order valence-electron chi connectivity index (χ4n) is 2.42. The Morgan fingerprint density at radius 1 is 1.24 bits per heavy atom. The lowest BCUT2D eigenvalue weighted by Crippen LogP contribution is -2.39. The van der Waals surface area contributed by atoms with Crippen LogP contribution >= 0.6 is 0 Å². The molecule has 1 heterocycles. The average molecular weight is 292 g/mol. The molecule has 2 amide bonds. The van der Waals surface area contributed by atoms with Crippen molar-refractivity contribution in [2.24, 2.45) is 5.92 Å². The van der Waals surface area contributed by atoms with Crippen LogP contribution in [-0.2, 0) is 9.53 Å². The maximum atomic E-state index is 11.6. The van der Waals surface area contributed by atoms with Crippen LogP contribution in [0.1, 0.15) is 24.5 Å². The van der Waals surface area contributed by atoms with Crippen LogP contribution in [0.4, 0.5) is 4.79 Å². The number of hydrogen-bond donors (Lipinski definition) is 3. The Bertz CT molecular complexity index is 478. The molecule has 0 aromatic heterocycles. The minimum Gasteiger partial charge on any atom is -0.481 e. The third-order valence-electron chi connectivity index (χ3n) is 3.49. The molecule has 114 valence electrons. The van der Waals surface area contributed by atoms with E-state index in [2.05, 4.69) is 10.6 Å². The highest BCUT2D eigenvalue weighted by molar-refractivity contribution is 5.74. The molecule has 1 aromatic rings. The Morgan fingerprint density at radius 3 is 2.71 bits per heavy atom. The number of aliphatic carboxylic acids is 1. The van der Waals surface area contributed by atoms with Crippen molar-refractivity contribution >= 4 is 12.0 Å². The van der Waals surface area contributed by atoms with Crippen LogP contribution < -0.4 is 10.6 Å². The Kier molecular flexibility index (Phi) is 5.57. The summed E-state index contributed by atoms with van der Waals surface area (Å²) in [5, 5.41) is 13.8. The van der Waals surface area contributed by atoms with Gasteiger partial charge in [-0.2, -0.15) is 0 Å². The highest BCUT2D eigenvalue weighted by Gasteiger charge is 2.29. The number of carbonyl (C=O) groups excluding carboxylic acids is 1. The van der Waals surface area contributed by atoms with Gasteiger partial charge in [-0.25, -0.2) is 4.79 Å². The second kappa shape index (κ2) is 7.64. The first-order valence-electron chi connectivity index (χ1n) is 7.07. The van der Waals surface area contributed by atoms with Crippen molar-refractivity contribution in [2.75, 3.05) is 19.7 Å². The molecule has 21 heavy (non-hydrogen) atoms. The fourth-order valence-corrected chi connectivity index (χ4v) is 2.42. The van der Waals surface area contributed by atoms with Gasteiger partial charge in [-0.15, -0.1) is 0 Å². The summed E-state index contributed by atoms with van der Waals surface area (Å²) >= 11 is 0. The zero-order valence-corrected chi connectivity index (χ0v) is 11.7. The zero-order valence-electron chi connectivity index (χ0n) is 11.7. The van der Waals surface area contributed by atoms with E-state index < -0.39 is 5.97 Å². The second-order valence-electron chi connectivity index (χ2n) is 5.03. The van der Waals surface area contributed by atoms with Gasteiger partial charge < -0.3 is 20.5 Å². The van der Waals surface area contributed by atoms with E-state index in [-0.39, 0.29) is 31.0 Å². The number of urea groups is 1. The molecule has 0 bridgehead atoms. The van der Waals surface area contributed by atoms with E-state index in [9.17, 15) is 9.59 Å². The van der Waals surface area contributed by atoms with Gasteiger partial charge >= 0.3 is 12.0 Å². The van der Waals surface area contributed by atoms with Gasteiger partial charge in [-0.3, -0.25) is 4.79 Å². The predicted octanol–water partition coefficient (Wildman–Crippen LogP) is 1.54. The molecule has 2 rings (SSSR count). The van der Waals surface area contributed by atoms with E-state index in [0.717, 1.165) is 12.0 Å². The van der Waals surface area contributed by atoms with Gasteiger partial charge in [0.2, 0.25) is 0 Å². The molecule has 3 N–H and O–H groups in total. The normalized spacial score (nSPS) is 21.0. The molecular weight excluding hydrogens is 272 g/mol. The van der Waals surface area contributed by atoms with Gasteiger partial charge in [0.1, 0.15) is 0 Å². The Labute approximate surface area is 123 Å². The minimum absolute atomic E-state index is 0.00511. The van der Waals surface area contributed by atoms with Crippen molar-refractivity contribution in [1.29, 1.82) is 0 Å². The first kappa shape index (κ1) is 15.3. The highest BCUT2D eigenvalue weighted by atomic mass is 16.5. The van der Waals surface area contributed by atoms with Crippen molar-refractivity contribution < 1.29 is 19.4 Å². The van der Waals surface area contributed by atoms with Crippen molar-refractivity contribution in [2.45, 2.75) is 18.9 Å². The Hall–Kier alpha value is -2.08. The summed E-state index contributed by atoms with van der Waals surface area (Å²) in [6.45, 7) is 1.33. The smallest absolute Gasteiger partial charge is 0.314 e. The van der Waals surface area contributed by atoms with E-state index in [1.54, 1.807) is 0 Å². The second-order valence-corrected chi connectivity index (χ2v) is 5.03. The standard InChI is InChI=1S/C15H20N2O4/c18-13(19)6-8-16-15(20)17-10-12-7-9-21-14(12)11-4-2-1-3-5-11/h1-5,12,14H,6-10H2,(H,18,19)(H2,16,17,20)/t12-,14-/m1/s1. The summed E-state index contributed by atoms with van der Waals surface area (Å²) in [4.78, 5) is 21.9. The van der Waals surface area contributed by atoms with Crippen LogP contribution in [-0.4, -0.2) is 36.8 Å². The molecule has 2 atom stereocenters. The van der Waals surface area contributed by atoms with Crippen LogP contribution in [0.15, 0.2) is 30.3 Å². The van der Waals surface area contributed by atoms with Gasteiger partial charge in [-0.1, -0.05) is 30.3 Å². The van der Waals surface area contributed by atoms with E-state index >= 15 is 0 Å². The molecule has 0 saturated carbocycles. The number of amides is 2. The Morgan fingerprint density at radius 2 is 2.00 bits per heavy atom. The van der Waals surface area contributed by atoms with Crippen molar-refractivity contribution in [3.8, 4) is 0 Å². The lowest BCUT2D eigenvalue weighted by molar-refractivity contribution is -0.136. The summed E-state index contributed by atoms with van der Waals surface area (Å²) < 4.78 is 5.75. The van der Waals surface area contributed by atoms with Crippen LogP contribution in [0.5, 0.6) is 0 Å². The summed E-state index contributed by atoms with van der Waals surface area (Å²) in [5.74, 6) is -0.693. The number of ether oxygens (including phenoxy) is 1. The average Bonchev–Trinajstić information content (AvgIpc) is 2.94. The van der Waals surface area contributed by atoms with Gasteiger partial charge in [0, 0.05) is 25.6 Å². The minimum atomic E-state index is -0.927. The van der Waals surface area contributed by atoms with Crippen LogP contribution in [0.3, 0.4) is 0 Å². The molecule has 1 aromatic carbocycles. The molecule has 1 fully saturated rings. The maximum Gasteiger partial charge on any atom is 0.314 e. The van der Waals surface area contributed by atoms with Crippen LogP contribution in [0, 0.1) is 5.92 Å². The molecule has 0 spiro atoms. The molecule has 1 aliphatic heterocycles. The number of carboxylic acid groups (broad SMARTS) is 1.